The van der Waals surface area contributed by atoms with E-state index in [2.05, 4.69) is 4.72 Å². The molecule has 0 atom stereocenters. The summed E-state index contributed by atoms with van der Waals surface area (Å²) in [6.07, 6.45) is 0. The lowest BCUT2D eigenvalue weighted by molar-refractivity contribution is 0.403. The lowest BCUT2D eigenvalue weighted by Gasteiger charge is -2.13. The molecule has 0 saturated heterocycles. The lowest BCUT2D eigenvalue weighted by atomic mass is 10.1. The number of nitrogens with one attached hydrogen (secondary N) is 1. The Morgan fingerprint density at radius 3 is 2.28 bits per heavy atom. The summed E-state index contributed by atoms with van der Waals surface area (Å²) in [5.74, 6) is -0.465. The second-order valence-corrected chi connectivity index (χ2v) is 6.97. The normalized spacial score (nSPS) is 11.1. The van der Waals surface area contributed by atoms with Crippen LogP contribution in [0.3, 0.4) is 0 Å². The zero-order valence-electron chi connectivity index (χ0n) is 13.4. The third kappa shape index (κ3) is 3.64. The fourth-order valence-electron chi connectivity index (χ4n) is 2.45. The maximum atomic E-state index is 14.2. The van der Waals surface area contributed by atoms with Gasteiger partial charge in [-0.15, -0.1) is 0 Å². The van der Waals surface area contributed by atoms with Crippen molar-refractivity contribution in [3.05, 3.63) is 78.6 Å². The quantitative estimate of drug-likeness (QED) is 0.741. The molecular formula is C19H16FNO3S. The molecule has 3 rings (SSSR count). The van der Waals surface area contributed by atoms with Crippen LogP contribution in [0.25, 0.3) is 11.1 Å². The highest BCUT2D eigenvalue weighted by Gasteiger charge is 2.20. The van der Waals surface area contributed by atoms with E-state index in [0.717, 1.165) is 5.56 Å². The van der Waals surface area contributed by atoms with Gasteiger partial charge in [-0.1, -0.05) is 48.5 Å². The molecule has 0 aliphatic heterocycles. The van der Waals surface area contributed by atoms with Gasteiger partial charge in [-0.2, -0.15) is 0 Å². The number of methoxy groups -OCH3 is 1. The maximum Gasteiger partial charge on any atom is 0.265 e. The predicted molar refractivity (Wildman–Crippen MR) is 95.6 cm³/mol. The number of anilines is 1. The van der Waals surface area contributed by atoms with Gasteiger partial charge in [0.25, 0.3) is 10.0 Å². The highest BCUT2D eigenvalue weighted by molar-refractivity contribution is 7.92. The standard InChI is InChI=1S/C19H16FNO3S/c1-24-18-9-5-6-10-19(18)25(22,23)21-17-13-15(11-12-16(17)20)14-7-3-2-4-8-14/h2-13,21H,1H3. The fourth-order valence-corrected chi connectivity index (χ4v) is 3.68. The molecule has 0 aliphatic carbocycles. The van der Waals surface area contributed by atoms with Gasteiger partial charge in [-0.25, -0.2) is 12.8 Å². The Bertz CT molecular complexity index is 989. The van der Waals surface area contributed by atoms with Gasteiger partial charge in [-0.3, -0.25) is 4.72 Å². The highest BCUT2D eigenvalue weighted by Crippen LogP contribution is 2.29. The number of rotatable bonds is 5. The summed E-state index contributed by atoms with van der Waals surface area (Å²) < 4.78 is 46.8. The predicted octanol–water partition coefficient (Wildman–Crippen LogP) is 4.30. The molecule has 3 aromatic rings. The van der Waals surface area contributed by atoms with Crippen LogP contribution in [0.15, 0.2) is 77.7 Å². The Hall–Kier alpha value is -2.86. The average Bonchev–Trinajstić information content (AvgIpc) is 2.64. The van der Waals surface area contributed by atoms with Crippen LogP contribution in [0.1, 0.15) is 0 Å². The van der Waals surface area contributed by atoms with E-state index in [0.29, 0.717) is 5.56 Å². The van der Waals surface area contributed by atoms with E-state index in [1.54, 1.807) is 18.2 Å². The molecule has 0 amide bonds. The zero-order valence-corrected chi connectivity index (χ0v) is 14.3. The van der Waals surface area contributed by atoms with Crippen LogP contribution in [-0.4, -0.2) is 15.5 Å². The van der Waals surface area contributed by atoms with Gasteiger partial charge >= 0.3 is 0 Å². The molecule has 0 saturated carbocycles. The molecule has 0 heterocycles. The van der Waals surface area contributed by atoms with Crippen LogP contribution < -0.4 is 9.46 Å². The minimum absolute atomic E-state index is 0.0537. The van der Waals surface area contributed by atoms with E-state index in [-0.39, 0.29) is 16.3 Å². The first-order chi connectivity index (χ1) is 12.0. The molecular weight excluding hydrogens is 341 g/mol. The van der Waals surface area contributed by atoms with Gasteiger partial charge in [-0.05, 0) is 35.4 Å². The number of hydrogen-bond acceptors (Lipinski definition) is 3. The summed E-state index contributed by atoms with van der Waals surface area (Å²) in [7, 11) is -2.61. The first-order valence-corrected chi connectivity index (χ1v) is 9.00. The van der Waals surface area contributed by atoms with Gasteiger partial charge in [0.15, 0.2) is 0 Å². The van der Waals surface area contributed by atoms with E-state index < -0.39 is 15.8 Å². The SMILES string of the molecule is COc1ccccc1S(=O)(=O)Nc1cc(-c2ccccc2)ccc1F. The Morgan fingerprint density at radius 2 is 1.56 bits per heavy atom. The molecule has 0 aromatic heterocycles. The molecule has 0 unspecified atom stereocenters. The third-order valence-corrected chi connectivity index (χ3v) is 5.08. The van der Waals surface area contributed by atoms with Crippen molar-refractivity contribution in [1.29, 1.82) is 0 Å². The molecule has 0 spiro atoms. The van der Waals surface area contributed by atoms with Crippen molar-refractivity contribution >= 4 is 15.7 Å². The number of halogens is 1. The van der Waals surface area contributed by atoms with Crippen LogP contribution in [0.5, 0.6) is 5.75 Å². The largest absolute Gasteiger partial charge is 0.495 e. The number of hydrogen-bond donors (Lipinski definition) is 1. The van der Waals surface area contributed by atoms with Crippen molar-refractivity contribution in [2.75, 3.05) is 11.8 Å². The van der Waals surface area contributed by atoms with Crippen molar-refractivity contribution in [2.45, 2.75) is 4.90 Å². The van der Waals surface area contributed by atoms with Crippen molar-refractivity contribution in [3.8, 4) is 16.9 Å². The van der Waals surface area contributed by atoms with Crippen LogP contribution in [0.4, 0.5) is 10.1 Å². The van der Waals surface area contributed by atoms with Gasteiger partial charge in [0.1, 0.15) is 16.5 Å². The summed E-state index contributed by atoms with van der Waals surface area (Å²) in [6, 6.07) is 19.8. The van der Waals surface area contributed by atoms with E-state index >= 15 is 0 Å². The first-order valence-electron chi connectivity index (χ1n) is 7.52. The summed E-state index contributed by atoms with van der Waals surface area (Å²) in [6.45, 7) is 0. The number of sulfonamides is 1. The van der Waals surface area contributed by atoms with E-state index in [4.69, 9.17) is 4.74 Å². The topological polar surface area (TPSA) is 55.4 Å². The summed E-state index contributed by atoms with van der Waals surface area (Å²) in [5, 5.41) is 0. The molecule has 0 bridgehead atoms. The maximum absolute atomic E-state index is 14.2. The van der Waals surface area contributed by atoms with Gasteiger partial charge < -0.3 is 4.74 Å². The minimum atomic E-state index is -3.99. The summed E-state index contributed by atoms with van der Waals surface area (Å²) in [4.78, 5) is -0.0537. The molecule has 0 radical (unpaired) electrons. The summed E-state index contributed by atoms with van der Waals surface area (Å²) >= 11 is 0. The van der Waals surface area contributed by atoms with Crippen molar-refractivity contribution in [2.24, 2.45) is 0 Å². The second-order valence-electron chi connectivity index (χ2n) is 5.32. The van der Waals surface area contributed by atoms with Crippen molar-refractivity contribution < 1.29 is 17.5 Å². The average molecular weight is 357 g/mol. The van der Waals surface area contributed by atoms with E-state index in [9.17, 15) is 12.8 Å². The molecule has 6 heteroatoms. The number of ether oxygens (including phenoxy) is 1. The first kappa shape index (κ1) is 17.0. The van der Waals surface area contributed by atoms with Crippen molar-refractivity contribution in [1.82, 2.24) is 0 Å². The fraction of sp³-hybridized carbons (Fsp3) is 0.0526. The molecule has 4 nitrogen and oxygen atoms in total. The molecule has 1 N–H and O–H groups in total. The van der Waals surface area contributed by atoms with Gasteiger partial charge in [0.2, 0.25) is 0 Å². The summed E-state index contributed by atoms with van der Waals surface area (Å²) in [5.41, 5.74) is 1.45. The highest BCUT2D eigenvalue weighted by atomic mass is 32.2. The van der Waals surface area contributed by atoms with Crippen LogP contribution in [-0.2, 0) is 10.0 Å². The lowest BCUT2D eigenvalue weighted by Crippen LogP contribution is -2.15. The molecule has 0 aliphatic rings. The molecule has 25 heavy (non-hydrogen) atoms. The van der Waals surface area contributed by atoms with E-state index in [1.165, 1.54) is 31.4 Å². The van der Waals surface area contributed by atoms with Crippen molar-refractivity contribution in [3.63, 3.8) is 0 Å². The van der Waals surface area contributed by atoms with Gasteiger partial charge in [0.05, 0.1) is 12.8 Å². The second kappa shape index (κ2) is 6.94. The third-order valence-electron chi connectivity index (χ3n) is 3.68. The molecule has 0 fully saturated rings. The number of para-hydroxylation sites is 1. The Morgan fingerprint density at radius 1 is 0.880 bits per heavy atom. The Balaban J connectivity index is 2.00. The van der Waals surface area contributed by atoms with Gasteiger partial charge in [0, 0.05) is 0 Å². The molecule has 128 valence electrons. The zero-order chi connectivity index (χ0) is 17.9. The van der Waals surface area contributed by atoms with Crippen LogP contribution in [0, 0.1) is 5.82 Å². The number of benzene rings is 3. The Kier molecular flexibility index (Phi) is 4.72. The minimum Gasteiger partial charge on any atom is -0.495 e. The molecule has 3 aromatic carbocycles. The Labute approximate surface area is 146 Å². The van der Waals surface area contributed by atoms with E-state index in [1.807, 2.05) is 30.3 Å². The monoisotopic (exact) mass is 357 g/mol. The van der Waals surface area contributed by atoms with Crippen LogP contribution in [0.2, 0.25) is 0 Å². The van der Waals surface area contributed by atoms with Crippen LogP contribution >= 0.6 is 0 Å². The smallest absolute Gasteiger partial charge is 0.265 e.